The molecular weight excluding hydrogens is 354 g/mol. The first-order chi connectivity index (χ1) is 12.5. The van der Waals surface area contributed by atoms with Crippen LogP contribution in [0.15, 0.2) is 35.1 Å². The Morgan fingerprint density at radius 1 is 1.35 bits per heavy atom. The number of nitrogens with one attached hydrogen (secondary N) is 2. The number of aryl methyl sites for hydroxylation is 1. The second kappa shape index (κ2) is 7.52. The zero-order valence-electron chi connectivity index (χ0n) is 14.6. The third kappa shape index (κ3) is 3.99. The van der Waals surface area contributed by atoms with E-state index in [-0.39, 0.29) is 11.5 Å². The van der Waals surface area contributed by atoms with E-state index in [1.165, 1.54) is 21.9 Å². The monoisotopic (exact) mass is 373 g/mol. The fraction of sp³-hybridized carbons (Fsp3) is 0.294. The number of methoxy groups -OCH3 is 1. The number of carbonyl (C=O) groups excluding carboxylic acids is 1. The third-order valence-electron chi connectivity index (χ3n) is 3.73. The third-order valence-corrected chi connectivity index (χ3v) is 4.57. The van der Waals surface area contributed by atoms with Crippen LogP contribution in [-0.4, -0.2) is 33.7 Å². The molecule has 0 spiro atoms. The molecule has 1 aromatic carbocycles. The number of amides is 1. The fourth-order valence-electron chi connectivity index (χ4n) is 2.32. The molecule has 26 heavy (non-hydrogen) atoms. The summed E-state index contributed by atoms with van der Waals surface area (Å²) in [5.74, 6) is 0.599. The zero-order chi connectivity index (χ0) is 18.7. The van der Waals surface area contributed by atoms with Crippen molar-refractivity contribution in [3.8, 4) is 5.75 Å². The molecule has 0 fully saturated rings. The SMILES string of the molecule is COc1ccc(CNC(=O)C(C)Nc2nn3c(=O)cc(C)nc3s2)cc1. The lowest BCUT2D eigenvalue weighted by molar-refractivity contribution is -0.121. The first-order valence-corrected chi connectivity index (χ1v) is 8.82. The van der Waals surface area contributed by atoms with E-state index in [2.05, 4.69) is 20.7 Å². The van der Waals surface area contributed by atoms with Gasteiger partial charge in [-0.3, -0.25) is 9.59 Å². The normalized spacial score (nSPS) is 12.0. The van der Waals surface area contributed by atoms with Gasteiger partial charge in [0.15, 0.2) is 0 Å². The summed E-state index contributed by atoms with van der Waals surface area (Å²) < 4.78 is 6.33. The molecule has 1 unspecified atom stereocenters. The topological polar surface area (TPSA) is 97.6 Å². The molecule has 3 rings (SSSR count). The second-order valence-electron chi connectivity index (χ2n) is 5.77. The van der Waals surface area contributed by atoms with E-state index in [0.717, 1.165) is 11.3 Å². The minimum atomic E-state index is -0.509. The number of anilines is 1. The van der Waals surface area contributed by atoms with Crippen molar-refractivity contribution in [2.24, 2.45) is 0 Å². The molecule has 1 amide bonds. The van der Waals surface area contributed by atoms with E-state index < -0.39 is 6.04 Å². The van der Waals surface area contributed by atoms with E-state index in [4.69, 9.17) is 4.74 Å². The lowest BCUT2D eigenvalue weighted by Crippen LogP contribution is -2.37. The van der Waals surface area contributed by atoms with Crippen molar-refractivity contribution in [2.75, 3.05) is 12.4 Å². The minimum Gasteiger partial charge on any atom is -0.497 e. The lowest BCUT2D eigenvalue weighted by Gasteiger charge is -2.13. The molecule has 0 aliphatic rings. The second-order valence-corrected chi connectivity index (χ2v) is 6.73. The summed E-state index contributed by atoms with van der Waals surface area (Å²) in [6.45, 7) is 3.90. The van der Waals surface area contributed by atoms with Crippen molar-refractivity contribution >= 4 is 27.3 Å². The number of nitrogens with zero attached hydrogens (tertiary/aromatic N) is 3. The zero-order valence-corrected chi connectivity index (χ0v) is 15.5. The fourth-order valence-corrected chi connectivity index (χ4v) is 3.25. The van der Waals surface area contributed by atoms with Crippen LogP contribution in [-0.2, 0) is 11.3 Å². The molecule has 2 aromatic heterocycles. The molecule has 1 atom stereocenters. The van der Waals surface area contributed by atoms with Crippen LogP contribution in [0.4, 0.5) is 5.13 Å². The standard InChI is InChI=1S/C17H19N5O3S/c1-10-8-14(23)22-17(19-10)26-16(21-22)20-11(2)15(24)18-9-12-4-6-13(25-3)7-5-12/h4-8,11H,9H2,1-3H3,(H,18,24)(H,20,21). The summed E-state index contributed by atoms with van der Waals surface area (Å²) in [5.41, 5.74) is 1.36. The van der Waals surface area contributed by atoms with Crippen molar-refractivity contribution < 1.29 is 9.53 Å². The van der Waals surface area contributed by atoms with Gasteiger partial charge in [-0.2, -0.15) is 4.52 Å². The molecule has 8 nitrogen and oxygen atoms in total. The predicted octanol–water partition coefficient (Wildman–Crippen LogP) is 1.58. The highest BCUT2D eigenvalue weighted by Gasteiger charge is 2.15. The number of ether oxygens (including phenoxy) is 1. The van der Waals surface area contributed by atoms with Crippen LogP contribution in [0.25, 0.3) is 4.96 Å². The summed E-state index contributed by atoms with van der Waals surface area (Å²) in [6.07, 6.45) is 0. The summed E-state index contributed by atoms with van der Waals surface area (Å²) in [7, 11) is 1.61. The summed E-state index contributed by atoms with van der Waals surface area (Å²) in [6, 6.07) is 8.39. The molecule has 2 N–H and O–H groups in total. The van der Waals surface area contributed by atoms with Gasteiger partial charge in [-0.1, -0.05) is 23.5 Å². The highest BCUT2D eigenvalue weighted by atomic mass is 32.1. The van der Waals surface area contributed by atoms with E-state index in [1.807, 2.05) is 24.3 Å². The van der Waals surface area contributed by atoms with Crippen LogP contribution in [0.5, 0.6) is 5.75 Å². The molecule has 2 heterocycles. The Hall–Kier alpha value is -2.94. The van der Waals surface area contributed by atoms with Crippen molar-refractivity contribution in [3.63, 3.8) is 0 Å². The number of benzene rings is 1. The van der Waals surface area contributed by atoms with E-state index in [1.54, 1.807) is 21.0 Å². The van der Waals surface area contributed by atoms with Crippen molar-refractivity contribution in [2.45, 2.75) is 26.4 Å². The van der Waals surface area contributed by atoms with Gasteiger partial charge in [0.1, 0.15) is 11.8 Å². The smallest absolute Gasteiger partial charge is 0.275 e. The largest absolute Gasteiger partial charge is 0.497 e. The summed E-state index contributed by atoms with van der Waals surface area (Å²) in [5, 5.41) is 10.5. The van der Waals surface area contributed by atoms with E-state index in [0.29, 0.717) is 22.3 Å². The van der Waals surface area contributed by atoms with Crippen LogP contribution in [0.3, 0.4) is 0 Å². The van der Waals surface area contributed by atoms with Crippen molar-refractivity contribution in [3.05, 3.63) is 51.9 Å². The van der Waals surface area contributed by atoms with Gasteiger partial charge in [0.25, 0.3) is 5.56 Å². The summed E-state index contributed by atoms with van der Waals surface area (Å²) in [4.78, 5) is 28.9. The molecule has 0 radical (unpaired) electrons. The van der Waals surface area contributed by atoms with Crippen LogP contribution < -0.4 is 20.9 Å². The summed E-state index contributed by atoms with van der Waals surface area (Å²) >= 11 is 1.23. The number of fused-ring (bicyclic) bond motifs is 1. The van der Waals surface area contributed by atoms with E-state index >= 15 is 0 Å². The Morgan fingerprint density at radius 3 is 2.77 bits per heavy atom. The number of hydrogen-bond acceptors (Lipinski definition) is 7. The van der Waals surface area contributed by atoms with Gasteiger partial charge in [-0.05, 0) is 31.5 Å². The number of hydrogen-bond donors (Lipinski definition) is 2. The van der Waals surface area contributed by atoms with Crippen LogP contribution in [0, 0.1) is 6.92 Å². The molecule has 0 saturated carbocycles. The Balaban J connectivity index is 1.61. The minimum absolute atomic E-state index is 0.170. The quantitative estimate of drug-likeness (QED) is 0.681. The van der Waals surface area contributed by atoms with Crippen LogP contribution in [0.1, 0.15) is 18.2 Å². The molecule has 0 saturated heterocycles. The van der Waals surface area contributed by atoms with Crippen LogP contribution >= 0.6 is 11.3 Å². The number of rotatable bonds is 6. The van der Waals surface area contributed by atoms with Crippen molar-refractivity contribution in [1.82, 2.24) is 19.9 Å². The highest BCUT2D eigenvalue weighted by molar-refractivity contribution is 7.20. The molecule has 3 aromatic rings. The molecule has 0 bridgehead atoms. The molecule has 9 heteroatoms. The highest BCUT2D eigenvalue weighted by Crippen LogP contribution is 2.17. The number of aromatic nitrogens is 3. The maximum absolute atomic E-state index is 12.3. The maximum atomic E-state index is 12.3. The molecule has 136 valence electrons. The Labute approximate surface area is 153 Å². The van der Waals surface area contributed by atoms with Gasteiger partial charge in [-0.25, -0.2) is 4.98 Å². The molecular formula is C17H19N5O3S. The van der Waals surface area contributed by atoms with Gasteiger partial charge in [0.2, 0.25) is 16.0 Å². The van der Waals surface area contributed by atoms with Gasteiger partial charge in [-0.15, -0.1) is 5.10 Å². The van der Waals surface area contributed by atoms with Gasteiger partial charge >= 0.3 is 0 Å². The first-order valence-electron chi connectivity index (χ1n) is 8.01. The van der Waals surface area contributed by atoms with Gasteiger partial charge in [0, 0.05) is 18.3 Å². The number of carbonyl (C=O) groups is 1. The first kappa shape index (κ1) is 17.9. The average molecular weight is 373 g/mol. The van der Waals surface area contributed by atoms with Gasteiger partial charge < -0.3 is 15.4 Å². The van der Waals surface area contributed by atoms with Crippen LogP contribution in [0.2, 0.25) is 0 Å². The van der Waals surface area contributed by atoms with E-state index in [9.17, 15) is 9.59 Å². The Morgan fingerprint density at radius 2 is 2.08 bits per heavy atom. The Bertz CT molecular complexity index is 980. The Kier molecular flexibility index (Phi) is 5.17. The maximum Gasteiger partial charge on any atom is 0.275 e. The molecule has 0 aliphatic carbocycles. The predicted molar refractivity (Wildman–Crippen MR) is 99.8 cm³/mol. The average Bonchev–Trinajstić information content (AvgIpc) is 3.02. The molecule has 0 aliphatic heterocycles. The van der Waals surface area contributed by atoms with Crippen molar-refractivity contribution in [1.29, 1.82) is 0 Å². The lowest BCUT2D eigenvalue weighted by atomic mass is 10.2. The van der Waals surface area contributed by atoms with Gasteiger partial charge in [0.05, 0.1) is 7.11 Å².